The van der Waals surface area contributed by atoms with E-state index in [1.165, 1.54) is 16.2 Å². The van der Waals surface area contributed by atoms with Crippen LogP contribution in [-0.4, -0.2) is 37.0 Å². The largest absolute Gasteiger partial charge is 0.300 e. The predicted octanol–water partition coefficient (Wildman–Crippen LogP) is 4.04. The third kappa shape index (κ3) is 3.39. The van der Waals surface area contributed by atoms with Crippen molar-refractivity contribution in [3.05, 3.63) is 71.1 Å². The standard InChI is InChI=1S/C19H15ClN6OS/c1-3-10-25(17(27)16-23-18-21-9-8-12(2)26(18)24-16)19-22-15(11-28-19)13-4-6-14(20)7-5-13/h3-9,11H,1,10H2,2H3. The molecule has 9 heteroatoms. The fourth-order valence-electron chi connectivity index (χ4n) is 2.64. The van der Waals surface area contributed by atoms with Crippen LogP contribution >= 0.6 is 22.9 Å². The highest BCUT2D eigenvalue weighted by atomic mass is 35.5. The molecule has 0 atom stereocenters. The Morgan fingerprint density at radius 2 is 2.07 bits per heavy atom. The molecule has 1 amide bonds. The Labute approximate surface area is 170 Å². The molecule has 0 aliphatic carbocycles. The Morgan fingerprint density at radius 1 is 1.29 bits per heavy atom. The van der Waals surface area contributed by atoms with Gasteiger partial charge in [0.15, 0.2) is 5.13 Å². The van der Waals surface area contributed by atoms with Gasteiger partial charge >= 0.3 is 0 Å². The summed E-state index contributed by atoms with van der Waals surface area (Å²) in [7, 11) is 0. The van der Waals surface area contributed by atoms with Crippen molar-refractivity contribution in [3.63, 3.8) is 0 Å². The van der Waals surface area contributed by atoms with E-state index in [9.17, 15) is 4.79 Å². The van der Waals surface area contributed by atoms with Crippen molar-refractivity contribution < 1.29 is 4.79 Å². The number of halogens is 1. The molecule has 28 heavy (non-hydrogen) atoms. The minimum Gasteiger partial charge on any atom is -0.277 e. The average molecular weight is 411 g/mol. The summed E-state index contributed by atoms with van der Waals surface area (Å²) in [5, 5.41) is 7.39. The number of nitrogens with zero attached hydrogens (tertiary/aromatic N) is 6. The summed E-state index contributed by atoms with van der Waals surface area (Å²) in [6, 6.07) is 9.19. The fraction of sp³-hybridized carbons (Fsp3) is 0.105. The maximum Gasteiger partial charge on any atom is 0.300 e. The molecule has 0 unspecified atom stereocenters. The number of carbonyl (C=O) groups excluding carboxylic acids is 1. The maximum absolute atomic E-state index is 13.1. The molecule has 1 aromatic carbocycles. The van der Waals surface area contributed by atoms with Crippen LogP contribution in [-0.2, 0) is 0 Å². The van der Waals surface area contributed by atoms with Crippen LogP contribution in [0.15, 0.2) is 54.6 Å². The summed E-state index contributed by atoms with van der Waals surface area (Å²) in [4.78, 5) is 27.6. The van der Waals surface area contributed by atoms with Crippen LogP contribution in [0, 0.1) is 6.92 Å². The topological polar surface area (TPSA) is 76.3 Å². The van der Waals surface area contributed by atoms with E-state index in [1.54, 1.807) is 35.0 Å². The van der Waals surface area contributed by atoms with Crippen molar-refractivity contribution in [3.8, 4) is 11.3 Å². The molecule has 4 aromatic rings. The lowest BCUT2D eigenvalue weighted by Gasteiger charge is -2.15. The Bertz CT molecular complexity index is 1170. The summed E-state index contributed by atoms with van der Waals surface area (Å²) in [6.07, 6.45) is 3.27. The first-order chi connectivity index (χ1) is 13.6. The van der Waals surface area contributed by atoms with E-state index in [4.69, 9.17) is 11.6 Å². The number of aromatic nitrogens is 5. The lowest BCUT2D eigenvalue weighted by atomic mass is 10.2. The molecule has 0 saturated carbocycles. The Hall–Kier alpha value is -3.10. The first kappa shape index (κ1) is 18.3. The van der Waals surface area contributed by atoms with Crippen molar-refractivity contribution >= 4 is 39.8 Å². The van der Waals surface area contributed by atoms with Crippen LogP contribution in [0.2, 0.25) is 5.02 Å². The lowest BCUT2D eigenvalue weighted by Crippen LogP contribution is -2.32. The van der Waals surface area contributed by atoms with E-state index in [0.717, 1.165) is 17.0 Å². The van der Waals surface area contributed by atoms with E-state index < -0.39 is 0 Å². The minimum atomic E-state index is -0.359. The monoisotopic (exact) mass is 410 g/mol. The second-order valence-corrected chi connectivity index (χ2v) is 7.23. The molecule has 0 saturated heterocycles. The third-order valence-corrected chi connectivity index (χ3v) is 5.16. The van der Waals surface area contributed by atoms with Crippen LogP contribution in [0.3, 0.4) is 0 Å². The van der Waals surface area contributed by atoms with Gasteiger partial charge in [0.2, 0.25) is 5.82 Å². The van der Waals surface area contributed by atoms with Gasteiger partial charge in [0.25, 0.3) is 11.7 Å². The number of hydrogen-bond acceptors (Lipinski definition) is 6. The van der Waals surface area contributed by atoms with Crippen LogP contribution in [0.1, 0.15) is 16.3 Å². The molecular formula is C19H15ClN6OS. The first-order valence-corrected chi connectivity index (χ1v) is 9.65. The SMILES string of the molecule is C=CCN(C(=O)c1nc2nccc(C)n2n1)c1nc(-c2ccc(Cl)cc2)cs1. The molecule has 0 N–H and O–H groups in total. The van der Waals surface area contributed by atoms with Gasteiger partial charge in [-0.05, 0) is 25.1 Å². The van der Waals surface area contributed by atoms with Crippen LogP contribution in [0.5, 0.6) is 0 Å². The highest BCUT2D eigenvalue weighted by molar-refractivity contribution is 7.14. The molecule has 0 aliphatic heterocycles. The first-order valence-electron chi connectivity index (χ1n) is 8.39. The number of benzene rings is 1. The Morgan fingerprint density at radius 3 is 2.79 bits per heavy atom. The minimum absolute atomic E-state index is 0.0619. The van der Waals surface area contributed by atoms with Gasteiger partial charge in [-0.1, -0.05) is 29.8 Å². The molecule has 0 bridgehead atoms. The molecule has 0 fully saturated rings. The summed E-state index contributed by atoms with van der Waals surface area (Å²) >= 11 is 7.31. The van der Waals surface area contributed by atoms with E-state index in [1.807, 2.05) is 24.4 Å². The predicted molar refractivity (Wildman–Crippen MR) is 110 cm³/mol. The number of fused-ring (bicyclic) bond motifs is 1. The zero-order chi connectivity index (χ0) is 19.7. The second-order valence-electron chi connectivity index (χ2n) is 5.96. The van der Waals surface area contributed by atoms with Gasteiger partial charge in [-0.15, -0.1) is 23.0 Å². The molecular weight excluding hydrogens is 396 g/mol. The molecule has 4 rings (SSSR count). The summed E-state index contributed by atoms with van der Waals surface area (Å²) in [5.41, 5.74) is 2.52. The van der Waals surface area contributed by atoms with Gasteiger partial charge < -0.3 is 0 Å². The van der Waals surface area contributed by atoms with Gasteiger partial charge in [0.05, 0.1) is 5.69 Å². The van der Waals surface area contributed by atoms with Crippen molar-refractivity contribution in [1.29, 1.82) is 0 Å². The third-order valence-electron chi connectivity index (χ3n) is 4.04. The van der Waals surface area contributed by atoms with Gasteiger partial charge in [-0.3, -0.25) is 9.69 Å². The second kappa shape index (κ2) is 7.49. The number of rotatable bonds is 5. The van der Waals surface area contributed by atoms with E-state index in [0.29, 0.717) is 15.9 Å². The number of anilines is 1. The summed E-state index contributed by atoms with van der Waals surface area (Å²) in [6.45, 7) is 5.90. The highest BCUT2D eigenvalue weighted by Gasteiger charge is 2.24. The zero-order valence-corrected chi connectivity index (χ0v) is 16.5. The van der Waals surface area contributed by atoms with Crippen LogP contribution < -0.4 is 4.90 Å². The Balaban J connectivity index is 1.68. The summed E-state index contributed by atoms with van der Waals surface area (Å²) < 4.78 is 1.54. The molecule has 7 nitrogen and oxygen atoms in total. The number of aryl methyl sites for hydroxylation is 1. The van der Waals surface area contributed by atoms with Gasteiger partial charge in [-0.2, -0.15) is 4.98 Å². The fourth-order valence-corrected chi connectivity index (χ4v) is 3.60. The highest BCUT2D eigenvalue weighted by Crippen LogP contribution is 2.29. The van der Waals surface area contributed by atoms with E-state index in [-0.39, 0.29) is 18.3 Å². The van der Waals surface area contributed by atoms with Gasteiger partial charge in [-0.25, -0.2) is 14.5 Å². The number of amides is 1. The zero-order valence-electron chi connectivity index (χ0n) is 14.9. The Kier molecular flexibility index (Phi) is 4.89. The van der Waals surface area contributed by atoms with E-state index >= 15 is 0 Å². The molecule has 3 aromatic heterocycles. The lowest BCUT2D eigenvalue weighted by molar-refractivity contribution is 0.0980. The summed E-state index contributed by atoms with van der Waals surface area (Å²) in [5.74, 6) is 0.0802. The van der Waals surface area contributed by atoms with Crippen LogP contribution in [0.4, 0.5) is 5.13 Å². The average Bonchev–Trinajstić information content (AvgIpc) is 3.34. The molecule has 0 spiro atoms. The number of thiazole rings is 1. The molecule has 140 valence electrons. The normalized spacial score (nSPS) is 10.9. The number of hydrogen-bond donors (Lipinski definition) is 0. The van der Waals surface area contributed by atoms with Crippen molar-refractivity contribution in [2.45, 2.75) is 6.92 Å². The van der Waals surface area contributed by atoms with Crippen LogP contribution in [0.25, 0.3) is 17.0 Å². The quantitative estimate of drug-likeness (QED) is 0.464. The van der Waals surface area contributed by atoms with Crippen molar-refractivity contribution in [2.24, 2.45) is 0 Å². The van der Waals surface area contributed by atoms with Crippen molar-refractivity contribution in [1.82, 2.24) is 24.6 Å². The van der Waals surface area contributed by atoms with Crippen molar-refractivity contribution in [2.75, 3.05) is 11.4 Å². The molecule has 0 radical (unpaired) electrons. The maximum atomic E-state index is 13.1. The van der Waals surface area contributed by atoms with E-state index in [2.05, 4.69) is 26.6 Å². The molecule has 0 aliphatic rings. The van der Waals surface area contributed by atoms with Gasteiger partial charge in [0.1, 0.15) is 0 Å². The number of carbonyl (C=O) groups is 1. The smallest absolute Gasteiger partial charge is 0.277 e. The molecule has 3 heterocycles. The van der Waals surface area contributed by atoms with Gasteiger partial charge in [0, 0.05) is 34.4 Å².